The molecule has 0 saturated carbocycles. The molecule has 1 N–H and O–H groups in total. The smallest absolute Gasteiger partial charge is 0.263 e. The molecule has 1 heterocycles. The monoisotopic (exact) mass is 430 g/mol. The summed E-state index contributed by atoms with van der Waals surface area (Å²) in [6, 6.07) is 6.56. The molecule has 3 rings (SSSR count). The Morgan fingerprint density at radius 2 is 1.50 bits per heavy atom. The molecule has 0 bridgehead atoms. The molecule has 0 saturated heterocycles. The highest BCUT2D eigenvalue weighted by molar-refractivity contribution is 6.55. The van der Waals surface area contributed by atoms with Gasteiger partial charge in [-0.3, -0.25) is 19.3 Å². The van der Waals surface area contributed by atoms with Crippen LogP contribution >= 0.6 is 46.4 Å². The van der Waals surface area contributed by atoms with Crippen LogP contribution in [-0.4, -0.2) is 29.7 Å². The van der Waals surface area contributed by atoms with E-state index in [9.17, 15) is 14.4 Å². The lowest BCUT2D eigenvalue weighted by Gasteiger charge is -2.14. The van der Waals surface area contributed by atoms with Crippen molar-refractivity contribution >= 4 is 64.1 Å². The number of hydrogen-bond acceptors (Lipinski definition) is 3. The molecule has 26 heavy (non-hydrogen) atoms. The van der Waals surface area contributed by atoms with Gasteiger partial charge in [0.15, 0.2) is 0 Å². The lowest BCUT2D eigenvalue weighted by Crippen LogP contribution is -2.29. The van der Waals surface area contributed by atoms with Crippen LogP contribution in [0.5, 0.6) is 0 Å². The summed E-state index contributed by atoms with van der Waals surface area (Å²) in [7, 11) is 1.51. The second kappa shape index (κ2) is 7.08. The molecule has 0 aliphatic carbocycles. The highest BCUT2D eigenvalue weighted by atomic mass is 35.5. The number of fused-ring (bicyclic) bond motifs is 1. The standard InChI is InChI=1S/C17H10Cl4N2O3/c1-22-15(24)8-4-2-3-7(5-8)6-23-16(25)9-10(17(23)26)12(19)14(21)13(20)11(9)18/h2-5H,6H2,1H3,(H,22,24). The third-order valence-corrected chi connectivity index (χ3v) is 5.74. The Labute approximate surface area is 168 Å². The van der Waals surface area contributed by atoms with E-state index >= 15 is 0 Å². The van der Waals surface area contributed by atoms with Gasteiger partial charge < -0.3 is 5.32 Å². The van der Waals surface area contributed by atoms with Crippen LogP contribution in [0.2, 0.25) is 20.1 Å². The number of benzene rings is 2. The van der Waals surface area contributed by atoms with Crippen LogP contribution < -0.4 is 5.32 Å². The van der Waals surface area contributed by atoms with Crippen molar-refractivity contribution in [2.75, 3.05) is 7.05 Å². The molecule has 0 aromatic heterocycles. The van der Waals surface area contributed by atoms with E-state index in [0.717, 1.165) is 4.90 Å². The number of amides is 3. The van der Waals surface area contributed by atoms with E-state index in [1.165, 1.54) is 7.05 Å². The first kappa shape index (κ1) is 19.0. The minimum atomic E-state index is -0.624. The zero-order valence-electron chi connectivity index (χ0n) is 13.2. The first-order chi connectivity index (χ1) is 12.3. The fourth-order valence-electron chi connectivity index (χ4n) is 2.68. The number of nitrogens with one attached hydrogen (secondary N) is 1. The number of halogens is 4. The van der Waals surface area contributed by atoms with Gasteiger partial charge in [0.2, 0.25) is 0 Å². The molecule has 9 heteroatoms. The highest BCUT2D eigenvalue weighted by Crippen LogP contribution is 2.45. The van der Waals surface area contributed by atoms with E-state index < -0.39 is 11.8 Å². The first-order valence-electron chi connectivity index (χ1n) is 7.31. The van der Waals surface area contributed by atoms with Gasteiger partial charge in [0.1, 0.15) is 0 Å². The SMILES string of the molecule is CNC(=O)c1cccc(CN2C(=O)c3c(Cl)c(Cl)c(Cl)c(Cl)c3C2=O)c1. The van der Waals surface area contributed by atoms with E-state index in [-0.39, 0.29) is 43.7 Å². The molecular formula is C17H10Cl4N2O3. The van der Waals surface area contributed by atoms with Crippen LogP contribution in [0.15, 0.2) is 24.3 Å². The van der Waals surface area contributed by atoms with Gasteiger partial charge in [0, 0.05) is 12.6 Å². The van der Waals surface area contributed by atoms with E-state index in [0.29, 0.717) is 11.1 Å². The quantitative estimate of drug-likeness (QED) is 0.443. The fourth-order valence-corrected chi connectivity index (χ4v) is 3.69. The van der Waals surface area contributed by atoms with E-state index in [2.05, 4.69) is 5.32 Å². The average Bonchev–Trinajstić information content (AvgIpc) is 2.89. The molecule has 0 fully saturated rings. The van der Waals surface area contributed by atoms with Crippen LogP contribution in [0, 0.1) is 0 Å². The zero-order chi connectivity index (χ0) is 19.2. The number of hydrogen-bond donors (Lipinski definition) is 1. The van der Waals surface area contributed by atoms with Crippen molar-refractivity contribution in [3.8, 4) is 0 Å². The maximum atomic E-state index is 12.7. The molecule has 0 atom stereocenters. The number of imide groups is 1. The van der Waals surface area contributed by atoms with Gasteiger partial charge in [0.25, 0.3) is 17.7 Å². The van der Waals surface area contributed by atoms with Gasteiger partial charge in [-0.25, -0.2) is 0 Å². The van der Waals surface area contributed by atoms with E-state index in [4.69, 9.17) is 46.4 Å². The molecule has 1 aliphatic heterocycles. The van der Waals surface area contributed by atoms with E-state index in [1.807, 2.05) is 0 Å². The van der Waals surface area contributed by atoms with Gasteiger partial charge in [-0.05, 0) is 17.7 Å². The summed E-state index contributed by atoms with van der Waals surface area (Å²) in [5.41, 5.74) is 0.853. The van der Waals surface area contributed by atoms with Crippen LogP contribution in [0.25, 0.3) is 0 Å². The highest BCUT2D eigenvalue weighted by Gasteiger charge is 2.41. The number of nitrogens with zero attached hydrogens (tertiary/aromatic N) is 1. The number of carbonyl (C=O) groups is 3. The molecule has 3 amide bonds. The Hall–Kier alpha value is -1.79. The molecule has 2 aromatic rings. The summed E-state index contributed by atoms with van der Waals surface area (Å²) in [6.45, 7) is -0.0565. The van der Waals surface area contributed by atoms with Crippen LogP contribution in [0.3, 0.4) is 0 Å². The Balaban J connectivity index is 2.01. The second-order valence-electron chi connectivity index (χ2n) is 5.48. The normalized spacial score (nSPS) is 13.2. The Morgan fingerprint density at radius 1 is 0.962 bits per heavy atom. The molecule has 0 spiro atoms. The largest absolute Gasteiger partial charge is 0.355 e. The van der Waals surface area contributed by atoms with Crippen molar-refractivity contribution in [2.24, 2.45) is 0 Å². The van der Waals surface area contributed by atoms with E-state index in [1.54, 1.807) is 24.3 Å². The summed E-state index contributed by atoms with van der Waals surface area (Å²) < 4.78 is 0. The van der Waals surface area contributed by atoms with Crippen molar-refractivity contribution in [2.45, 2.75) is 6.54 Å². The minimum Gasteiger partial charge on any atom is -0.355 e. The molecule has 134 valence electrons. The van der Waals surface area contributed by atoms with Crippen molar-refractivity contribution in [1.82, 2.24) is 10.2 Å². The minimum absolute atomic E-state index is 0.0565. The Morgan fingerprint density at radius 3 is 2.00 bits per heavy atom. The van der Waals surface area contributed by atoms with Gasteiger partial charge in [0.05, 0.1) is 37.8 Å². The molecule has 2 aromatic carbocycles. The molecule has 1 aliphatic rings. The second-order valence-corrected chi connectivity index (χ2v) is 6.99. The molecule has 0 unspecified atom stereocenters. The number of carbonyl (C=O) groups excluding carboxylic acids is 3. The van der Waals surface area contributed by atoms with Crippen molar-refractivity contribution in [3.63, 3.8) is 0 Å². The zero-order valence-corrected chi connectivity index (χ0v) is 16.2. The predicted octanol–water partition coefficient (Wildman–Crippen LogP) is 4.46. The lowest BCUT2D eigenvalue weighted by atomic mass is 10.1. The maximum absolute atomic E-state index is 12.7. The summed E-state index contributed by atoms with van der Waals surface area (Å²) in [4.78, 5) is 38.1. The van der Waals surface area contributed by atoms with Crippen molar-refractivity contribution < 1.29 is 14.4 Å². The lowest BCUT2D eigenvalue weighted by molar-refractivity contribution is 0.0642. The molecule has 0 radical (unpaired) electrons. The maximum Gasteiger partial charge on any atom is 0.263 e. The first-order valence-corrected chi connectivity index (χ1v) is 8.82. The van der Waals surface area contributed by atoms with Crippen LogP contribution in [0.4, 0.5) is 0 Å². The average molecular weight is 432 g/mol. The van der Waals surface area contributed by atoms with Crippen molar-refractivity contribution in [3.05, 3.63) is 66.6 Å². The molecule has 5 nitrogen and oxygen atoms in total. The Bertz CT molecular complexity index is 928. The van der Waals surface area contributed by atoms with Crippen LogP contribution in [0.1, 0.15) is 36.6 Å². The summed E-state index contributed by atoms with van der Waals surface area (Å²) in [5.74, 6) is -1.53. The summed E-state index contributed by atoms with van der Waals surface area (Å²) in [6.07, 6.45) is 0. The predicted molar refractivity (Wildman–Crippen MR) is 101 cm³/mol. The topological polar surface area (TPSA) is 66.5 Å². The van der Waals surface area contributed by atoms with Crippen LogP contribution in [-0.2, 0) is 6.54 Å². The van der Waals surface area contributed by atoms with Gasteiger partial charge in [-0.1, -0.05) is 58.5 Å². The third-order valence-electron chi connectivity index (χ3n) is 3.94. The summed E-state index contributed by atoms with van der Waals surface area (Å²) >= 11 is 24.2. The Kier molecular flexibility index (Phi) is 5.17. The van der Waals surface area contributed by atoms with Gasteiger partial charge in [-0.15, -0.1) is 0 Å². The van der Waals surface area contributed by atoms with Crippen molar-refractivity contribution in [1.29, 1.82) is 0 Å². The fraction of sp³-hybridized carbons (Fsp3) is 0.118. The third kappa shape index (κ3) is 2.95. The summed E-state index contributed by atoms with van der Waals surface area (Å²) in [5, 5.41) is 2.12. The molecular weight excluding hydrogens is 422 g/mol. The number of rotatable bonds is 3. The van der Waals surface area contributed by atoms with Gasteiger partial charge >= 0.3 is 0 Å². The van der Waals surface area contributed by atoms with Gasteiger partial charge in [-0.2, -0.15) is 0 Å².